The molecule has 7 nitrogen and oxygen atoms in total. The summed E-state index contributed by atoms with van der Waals surface area (Å²) in [7, 11) is -4.00. The Morgan fingerprint density at radius 1 is 0.974 bits per heavy atom. The molecule has 0 amide bonds. The van der Waals surface area contributed by atoms with Crippen LogP contribution in [0.5, 0.6) is 0 Å². The predicted molar refractivity (Wildman–Crippen MR) is 159 cm³/mol. The number of nitrogens with one attached hydrogen (secondary N) is 2. The number of anilines is 1. The van der Waals surface area contributed by atoms with Gasteiger partial charge in [0.05, 0.1) is 23.8 Å². The van der Waals surface area contributed by atoms with Gasteiger partial charge in [-0.05, 0) is 65.1 Å². The first kappa shape index (κ1) is 29.0. The van der Waals surface area contributed by atoms with Gasteiger partial charge in [0.2, 0.25) is 5.96 Å². The smallest absolute Gasteiger partial charge is 0.264 e. The molecule has 4 aromatic rings. The van der Waals surface area contributed by atoms with E-state index in [0.717, 1.165) is 5.56 Å². The Kier molecular flexibility index (Phi) is 8.91. The monoisotopic (exact) mass is 603 g/mol. The fraction of sp³-hybridized carbons (Fsp3) is 0.214. The summed E-state index contributed by atoms with van der Waals surface area (Å²) in [5.74, 6) is 0.00773. The number of nitrogens with zero attached hydrogens (tertiary/aromatic N) is 3. The molecule has 39 heavy (non-hydrogen) atoms. The summed E-state index contributed by atoms with van der Waals surface area (Å²) in [6, 6.07) is 18.2. The Labute approximate surface area is 243 Å². The van der Waals surface area contributed by atoms with Crippen LogP contribution in [-0.2, 0) is 22.0 Å². The molecule has 0 aliphatic rings. The van der Waals surface area contributed by atoms with Crippen LogP contribution in [0.1, 0.15) is 37.9 Å². The Balaban J connectivity index is 1.75. The third kappa shape index (κ3) is 7.76. The number of imidazole rings is 1. The molecule has 204 valence electrons. The van der Waals surface area contributed by atoms with Gasteiger partial charge in [0, 0.05) is 33.1 Å². The van der Waals surface area contributed by atoms with Gasteiger partial charge in [0.1, 0.15) is 0 Å². The van der Waals surface area contributed by atoms with E-state index in [1.165, 1.54) is 0 Å². The molecule has 11 heteroatoms. The molecular weight excluding hydrogens is 577 g/mol. The van der Waals surface area contributed by atoms with Crippen molar-refractivity contribution in [3.05, 3.63) is 112 Å². The van der Waals surface area contributed by atoms with E-state index in [4.69, 9.17) is 39.8 Å². The maximum atomic E-state index is 13.5. The highest BCUT2D eigenvalue weighted by molar-refractivity contribution is 7.90. The van der Waals surface area contributed by atoms with Crippen LogP contribution in [0.3, 0.4) is 0 Å². The van der Waals surface area contributed by atoms with Gasteiger partial charge in [-0.2, -0.15) is 0 Å². The van der Waals surface area contributed by atoms with Crippen molar-refractivity contribution in [1.82, 2.24) is 14.3 Å². The van der Waals surface area contributed by atoms with Crippen LogP contribution in [0.4, 0.5) is 5.69 Å². The van der Waals surface area contributed by atoms with Crippen molar-refractivity contribution in [1.29, 1.82) is 0 Å². The summed E-state index contributed by atoms with van der Waals surface area (Å²) >= 11 is 18.7. The zero-order chi connectivity index (χ0) is 28.2. The minimum Gasteiger partial charge on any atom is -0.335 e. The normalized spacial score (nSPS) is 13.2. The van der Waals surface area contributed by atoms with Gasteiger partial charge in [-0.15, -0.1) is 0 Å². The second-order valence-electron chi connectivity index (χ2n) is 9.93. The van der Waals surface area contributed by atoms with E-state index in [1.54, 1.807) is 73.3 Å². The molecule has 0 saturated heterocycles. The third-order valence-corrected chi connectivity index (χ3v) is 8.09. The van der Waals surface area contributed by atoms with Crippen molar-refractivity contribution in [2.24, 2.45) is 4.99 Å². The topological polar surface area (TPSA) is 88.4 Å². The minimum atomic E-state index is -4.00. The van der Waals surface area contributed by atoms with Crippen LogP contribution in [0.25, 0.3) is 0 Å². The number of guanidine groups is 1. The lowest BCUT2D eigenvalue weighted by molar-refractivity contribution is 0.574. The summed E-state index contributed by atoms with van der Waals surface area (Å²) < 4.78 is 31.4. The van der Waals surface area contributed by atoms with Gasteiger partial charge >= 0.3 is 0 Å². The largest absolute Gasteiger partial charge is 0.335 e. The molecule has 0 bridgehead atoms. The first-order valence-electron chi connectivity index (χ1n) is 12.1. The number of benzene rings is 3. The fourth-order valence-corrected chi connectivity index (χ4v) is 5.44. The van der Waals surface area contributed by atoms with E-state index in [2.05, 4.69) is 35.8 Å². The highest BCUT2D eigenvalue weighted by atomic mass is 35.5. The number of sulfonamides is 1. The minimum absolute atomic E-state index is 0.00773. The summed E-state index contributed by atoms with van der Waals surface area (Å²) in [5, 5.41) is 4.52. The zero-order valence-electron chi connectivity index (χ0n) is 21.6. The maximum absolute atomic E-state index is 13.5. The molecule has 1 aromatic heterocycles. The fourth-order valence-electron chi connectivity index (χ4n) is 3.81. The van der Waals surface area contributed by atoms with Crippen LogP contribution in [-0.4, -0.2) is 23.9 Å². The van der Waals surface area contributed by atoms with E-state index in [-0.39, 0.29) is 16.3 Å². The van der Waals surface area contributed by atoms with Crippen LogP contribution >= 0.6 is 34.8 Å². The number of halogens is 3. The summed E-state index contributed by atoms with van der Waals surface area (Å²) in [4.78, 5) is 9.02. The van der Waals surface area contributed by atoms with Crippen LogP contribution in [0.2, 0.25) is 15.1 Å². The molecule has 0 spiro atoms. The Morgan fingerprint density at radius 2 is 1.64 bits per heavy atom. The van der Waals surface area contributed by atoms with Crippen LogP contribution in [0.15, 0.2) is 95.3 Å². The highest BCUT2D eigenvalue weighted by Gasteiger charge is 2.22. The second kappa shape index (κ2) is 12.0. The van der Waals surface area contributed by atoms with E-state index in [1.807, 2.05) is 16.7 Å². The summed E-state index contributed by atoms with van der Waals surface area (Å²) in [6.45, 7) is 6.54. The molecule has 0 aliphatic heterocycles. The molecule has 4 rings (SSSR count). The number of hydrogen-bond acceptors (Lipinski definition) is 4. The lowest BCUT2D eigenvalue weighted by Crippen LogP contribution is -2.36. The van der Waals surface area contributed by atoms with E-state index >= 15 is 0 Å². The number of rotatable bonds is 7. The van der Waals surface area contributed by atoms with Crippen molar-refractivity contribution in [3.63, 3.8) is 0 Å². The molecule has 1 unspecified atom stereocenters. The molecule has 0 saturated carbocycles. The average Bonchev–Trinajstić information content (AvgIpc) is 3.38. The Hall–Kier alpha value is -3.04. The van der Waals surface area contributed by atoms with Gasteiger partial charge in [-0.3, -0.25) is 0 Å². The maximum Gasteiger partial charge on any atom is 0.264 e. The van der Waals surface area contributed by atoms with Gasteiger partial charge in [-0.25, -0.2) is 23.1 Å². The highest BCUT2D eigenvalue weighted by Crippen LogP contribution is 2.30. The third-order valence-electron chi connectivity index (χ3n) is 5.92. The number of aromatic nitrogens is 2. The first-order chi connectivity index (χ1) is 18.4. The van der Waals surface area contributed by atoms with Crippen molar-refractivity contribution in [2.45, 2.75) is 43.7 Å². The van der Waals surface area contributed by atoms with Crippen molar-refractivity contribution >= 4 is 56.5 Å². The summed E-state index contributed by atoms with van der Waals surface area (Å²) in [6.07, 6.45) is 5.10. The van der Waals surface area contributed by atoms with E-state index in [9.17, 15) is 8.42 Å². The van der Waals surface area contributed by atoms with Crippen LogP contribution < -0.4 is 10.0 Å². The van der Waals surface area contributed by atoms with Gasteiger partial charge < -0.3 is 9.88 Å². The second-order valence-corrected chi connectivity index (χ2v) is 12.9. The van der Waals surface area contributed by atoms with E-state index in [0.29, 0.717) is 32.9 Å². The molecule has 1 atom stereocenters. The molecule has 0 fully saturated rings. The van der Waals surface area contributed by atoms with E-state index < -0.39 is 16.1 Å². The summed E-state index contributed by atoms with van der Waals surface area (Å²) in [5.41, 5.74) is 2.16. The average molecular weight is 605 g/mol. The number of hydrogen-bond donors (Lipinski definition) is 2. The predicted octanol–water partition coefficient (Wildman–Crippen LogP) is 7.33. The SMILES string of the molecule is CC(C)(C)c1ccc(S(=O)(=O)NC(=NC(Cn2ccnc2)c2ccc(Cl)cc2Cl)Nc2ccc(Cl)cc2)cc1. The number of aliphatic imine (C=N–C) groups is 1. The molecule has 2 N–H and O–H groups in total. The quantitative estimate of drug-likeness (QED) is 0.171. The Bertz CT molecular complexity index is 1550. The van der Waals surface area contributed by atoms with Gasteiger partial charge in [0.15, 0.2) is 0 Å². The zero-order valence-corrected chi connectivity index (χ0v) is 24.7. The molecule has 0 aliphatic carbocycles. The van der Waals surface area contributed by atoms with Crippen molar-refractivity contribution in [2.75, 3.05) is 5.32 Å². The lowest BCUT2D eigenvalue weighted by Gasteiger charge is -2.21. The van der Waals surface area contributed by atoms with Gasteiger partial charge in [0.25, 0.3) is 10.0 Å². The van der Waals surface area contributed by atoms with Gasteiger partial charge in [-0.1, -0.05) is 73.8 Å². The lowest BCUT2D eigenvalue weighted by atomic mass is 9.87. The molecule has 3 aromatic carbocycles. The van der Waals surface area contributed by atoms with Crippen LogP contribution in [0, 0.1) is 0 Å². The van der Waals surface area contributed by atoms with Crippen molar-refractivity contribution in [3.8, 4) is 0 Å². The molecule has 0 radical (unpaired) electrons. The molecular formula is C28H28Cl3N5O2S. The first-order valence-corrected chi connectivity index (χ1v) is 14.7. The molecule has 1 heterocycles. The van der Waals surface area contributed by atoms with Crippen molar-refractivity contribution < 1.29 is 8.42 Å². The Morgan fingerprint density at radius 3 is 2.23 bits per heavy atom. The standard InChI is InChI=1S/C28H28Cl3N5O2S/c1-28(2,3)19-4-11-23(12-5-19)39(37,38)35-27(33-22-9-6-20(29)7-10-22)34-26(17-36-15-14-32-18-36)24-13-8-21(30)16-25(24)31/h4-16,18,26H,17H2,1-3H3,(H2,33,34,35).